The summed E-state index contributed by atoms with van der Waals surface area (Å²) in [4.78, 5) is 8.22. The SMILES string of the molecule is CC(O)(c1ccc(-c2ccc(CN3CCN(Cc4ccc5cc[nH]c5c4)CC3)cc2)cc1)C(F)(F)F. The van der Waals surface area contributed by atoms with Gasteiger partial charge in [0.25, 0.3) is 0 Å². The first-order chi connectivity index (χ1) is 17.2. The van der Waals surface area contributed by atoms with E-state index in [0.29, 0.717) is 0 Å². The van der Waals surface area contributed by atoms with Gasteiger partial charge < -0.3 is 10.1 Å². The number of benzene rings is 3. The lowest BCUT2D eigenvalue weighted by Gasteiger charge is -2.34. The lowest BCUT2D eigenvalue weighted by atomic mass is 9.93. The van der Waals surface area contributed by atoms with Crippen molar-refractivity contribution in [2.24, 2.45) is 0 Å². The van der Waals surface area contributed by atoms with E-state index in [1.54, 1.807) is 12.1 Å². The molecule has 188 valence electrons. The maximum absolute atomic E-state index is 13.1. The van der Waals surface area contributed by atoms with Crippen LogP contribution in [0.1, 0.15) is 23.6 Å². The fraction of sp³-hybridized carbons (Fsp3) is 0.310. The summed E-state index contributed by atoms with van der Waals surface area (Å²) in [6.07, 6.45) is -2.75. The number of hydrogen-bond acceptors (Lipinski definition) is 3. The summed E-state index contributed by atoms with van der Waals surface area (Å²) >= 11 is 0. The fourth-order valence-electron chi connectivity index (χ4n) is 4.77. The highest BCUT2D eigenvalue weighted by Crippen LogP contribution is 2.39. The van der Waals surface area contributed by atoms with Crippen molar-refractivity contribution in [3.05, 3.63) is 95.7 Å². The first-order valence-corrected chi connectivity index (χ1v) is 12.2. The molecule has 1 aliphatic heterocycles. The molecule has 1 saturated heterocycles. The van der Waals surface area contributed by atoms with Gasteiger partial charge in [0.05, 0.1) is 0 Å². The topological polar surface area (TPSA) is 42.5 Å². The van der Waals surface area contributed by atoms with Crippen LogP contribution in [0.3, 0.4) is 0 Å². The largest absolute Gasteiger partial charge is 0.421 e. The van der Waals surface area contributed by atoms with E-state index < -0.39 is 11.8 Å². The number of fused-ring (bicyclic) bond motifs is 1. The van der Waals surface area contributed by atoms with Crippen LogP contribution < -0.4 is 0 Å². The molecule has 0 bridgehead atoms. The zero-order valence-electron chi connectivity index (χ0n) is 20.2. The quantitative estimate of drug-likeness (QED) is 0.350. The van der Waals surface area contributed by atoms with Crippen molar-refractivity contribution in [3.8, 4) is 11.1 Å². The summed E-state index contributed by atoms with van der Waals surface area (Å²) in [5.41, 5.74) is 2.42. The van der Waals surface area contributed by atoms with Crippen LogP contribution in [-0.4, -0.2) is 52.2 Å². The molecule has 4 nitrogen and oxygen atoms in total. The molecule has 0 radical (unpaired) electrons. The summed E-state index contributed by atoms with van der Waals surface area (Å²) < 4.78 is 39.2. The van der Waals surface area contributed by atoms with Crippen LogP contribution in [0.2, 0.25) is 0 Å². The van der Waals surface area contributed by atoms with Crippen molar-refractivity contribution in [3.63, 3.8) is 0 Å². The first kappa shape index (κ1) is 24.6. The van der Waals surface area contributed by atoms with Gasteiger partial charge in [0.15, 0.2) is 5.60 Å². The number of alkyl halides is 3. The number of aromatic amines is 1. The van der Waals surface area contributed by atoms with Gasteiger partial charge in [-0.3, -0.25) is 9.80 Å². The Hall–Kier alpha value is -3.13. The lowest BCUT2D eigenvalue weighted by molar-refractivity contribution is -0.258. The maximum Gasteiger partial charge on any atom is 0.421 e. The minimum atomic E-state index is -4.72. The number of rotatable bonds is 6. The van der Waals surface area contributed by atoms with Crippen LogP contribution in [-0.2, 0) is 18.7 Å². The number of H-pyrrole nitrogens is 1. The Bertz CT molecular complexity index is 1300. The van der Waals surface area contributed by atoms with Crippen LogP contribution >= 0.6 is 0 Å². The van der Waals surface area contributed by atoms with Gasteiger partial charge in [0, 0.05) is 51.0 Å². The third kappa shape index (κ3) is 5.19. The number of aliphatic hydroxyl groups is 1. The molecule has 3 aromatic carbocycles. The highest BCUT2D eigenvalue weighted by atomic mass is 19.4. The molecule has 36 heavy (non-hydrogen) atoms. The van der Waals surface area contributed by atoms with E-state index in [9.17, 15) is 18.3 Å². The summed E-state index contributed by atoms with van der Waals surface area (Å²) in [5, 5.41) is 11.1. The van der Waals surface area contributed by atoms with Crippen LogP contribution in [0.15, 0.2) is 79.0 Å². The van der Waals surface area contributed by atoms with E-state index in [2.05, 4.69) is 51.2 Å². The molecule has 5 rings (SSSR count). The van der Waals surface area contributed by atoms with E-state index in [1.807, 2.05) is 18.3 Å². The Morgan fingerprint density at radius 3 is 1.86 bits per heavy atom. The second kappa shape index (κ2) is 9.73. The molecule has 1 unspecified atom stereocenters. The van der Waals surface area contributed by atoms with Crippen molar-refractivity contribution in [1.29, 1.82) is 0 Å². The van der Waals surface area contributed by atoms with Gasteiger partial charge in [-0.05, 0) is 52.3 Å². The Labute approximate surface area is 209 Å². The number of hydrogen-bond donors (Lipinski definition) is 2. The number of halogens is 3. The van der Waals surface area contributed by atoms with Crippen molar-refractivity contribution in [2.45, 2.75) is 31.8 Å². The van der Waals surface area contributed by atoms with Gasteiger partial charge in [0.2, 0.25) is 0 Å². The van der Waals surface area contributed by atoms with Crippen LogP contribution in [0.5, 0.6) is 0 Å². The minimum Gasteiger partial charge on any atom is -0.376 e. The maximum atomic E-state index is 13.1. The fourth-order valence-corrected chi connectivity index (χ4v) is 4.77. The van der Waals surface area contributed by atoms with Gasteiger partial charge in [-0.25, -0.2) is 0 Å². The van der Waals surface area contributed by atoms with Gasteiger partial charge in [-0.15, -0.1) is 0 Å². The van der Waals surface area contributed by atoms with E-state index in [4.69, 9.17) is 0 Å². The molecule has 1 aliphatic rings. The predicted molar refractivity (Wildman–Crippen MR) is 136 cm³/mol. The van der Waals surface area contributed by atoms with Gasteiger partial charge in [0.1, 0.15) is 0 Å². The summed E-state index contributed by atoms with van der Waals surface area (Å²) in [6, 6.07) is 22.8. The molecular formula is C29H30F3N3O. The standard InChI is InChI=1S/C29H30F3N3O/c1-28(36,29(30,31)32)26-10-8-24(9-11-26)23-5-2-21(3-6-23)19-34-14-16-35(17-15-34)20-22-4-7-25-12-13-33-27(25)18-22/h2-13,18,33,36H,14-17,19-20H2,1H3. The van der Waals surface area contributed by atoms with Gasteiger partial charge in [-0.2, -0.15) is 13.2 Å². The molecule has 2 heterocycles. The molecular weight excluding hydrogens is 463 g/mol. The van der Waals surface area contributed by atoms with E-state index in [-0.39, 0.29) is 5.56 Å². The highest BCUT2D eigenvalue weighted by molar-refractivity contribution is 5.79. The minimum absolute atomic E-state index is 0.167. The Morgan fingerprint density at radius 1 is 0.750 bits per heavy atom. The predicted octanol–water partition coefficient (Wildman–Crippen LogP) is 5.92. The second-order valence-electron chi connectivity index (χ2n) is 9.80. The average Bonchev–Trinajstić information content (AvgIpc) is 3.33. The third-order valence-electron chi connectivity index (χ3n) is 7.18. The zero-order valence-corrected chi connectivity index (χ0v) is 20.2. The normalized spacial score (nSPS) is 17.4. The van der Waals surface area contributed by atoms with Gasteiger partial charge >= 0.3 is 6.18 Å². The van der Waals surface area contributed by atoms with Crippen molar-refractivity contribution >= 4 is 10.9 Å². The molecule has 7 heteroatoms. The average molecular weight is 494 g/mol. The van der Waals surface area contributed by atoms with E-state index >= 15 is 0 Å². The van der Waals surface area contributed by atoms with Crippen molar-refractivity contribution in [1.82, 2.24) is 14.8 Å². The molecule has 2 N–H and O–H groups in total. The summed E-state index contributed by atoms with van der Waals surface area (Å²) in [5.74, 6) is 0. The second-order valence-corrected chi connectivity index (χ2v) is 9.80. The molecule has 1 fully saturated rings. The van der Waals surface area contributed by atoms with Gasteiger partial charge in [-0.1, -0.05) is 60.7 Å². The molecule has 1 aromatic heterocycles. The van der Waals surface area contributed by atoms with Crippen molar-refractivity contribution in [2.75, 3.05) is 26.2 Å². The highest BCUT2D eigenvalue weighted by Gasteiger charge is 2.51. The smallest absolute Gasteiger partial charge is 0.376 e. The first-order valence-electron chi connectivity index (χ1n) is 12.2. The molecule has 0 aliphatic carbocycles. The van der Waals surface area contributed by atoms with Crippen LogP contribution in [0.4, 0.5) is 13.2 Å². The molecule has 0 amide bonds. The zero-order chi connectivity index (χ0) is 25.3. The Kier molecular flexibility index (Phi) is 6.64. The summed E-state index contributed by atoms with van der Waals surface area (Å²) in [7, 11) is 0. The summed E-state index contributed by atoms with van der Waals surface area (Å²) in [6.45, 7) is 6.66. The van der Waals surface area contributed by atoms with Crippen LogP contribution in [0, 0.1) is 0 Å². The molecule has 0 spiro atoms. The lowest BCUT2D eigenvalue weighted by Crippen LogP contribution is -2.45. The monoisotopic (exact) mass is 493 g/mol. The Balaban J connectivity index is 1.14. The number of aromatic nitrogens is 1. The number of piperazine rings is 1. The number of nitrogens with one attached hydrogen (secondary N) is 1. The molecule has 0 saturated carbocycles. The Morgan fingerprint density at radius 2 is 1.28 bits per heavy atom. The van der Waals surface area contributed by atoms with E-state index in [1.165, 1.54) is 34.2 Å². The number of nitrogens with zero attached hydrogens (tertiary/aromatic N) is 2. The van der Waals surface area contributed by atoms with Crippen molar-refractivity contribution < 1.29 is 18.3 Å². The molecule has 1 atom stereocenters. The molecule has 4 aromatic rings. The van der Waals surface area contributed by atoms with Crippen LogP contribution in [0.25, 0.3) is 22.0 Å². The third-order valence-corrected chi connectivity index (χ3v) is 7.18. The van der Waals surface area contributed by atoms with E-state index in [0.717, 1.165) is 57.3 Å².